The molecule has 4 nitrogen and oxygen atoms in total. The van der Waals surface area contributed by atoms with Crippen LogP contribution in [0.1, 0.15) is 41.0 Å². The van der Waals surface area contributed by atoms with Gasteiger partial charge in [0.1, 0.15) is 5.60 Å². The van der Waals surface area contributed by atoms with Crippen molar-refractivity contribution in [3.63, 3.8) is 0 Å². The van der Waals surface area contributed by atoms with Gasteiger partial charge in [-0.1, -0.05) is 13.8 Å². The van der Waals surface area contributed by atoms with Crippen molar-refractivity contribution in [2.45, 2.75) is 52.7 Å². The van der Waals surface area contributed by atoms with Crippen LogP contribution in [0.15, 0.2) is 0 Å². The van der Waals surface area contributed by atoms with Gasteiger partial charge in [0.25, 0.3) is 0 Å². The number of methoxy groups -OCH3 is 1. The van der Waals surface area contributed by atoms with Crippen LogP contribution in [-0.2, 0) is 9.47 Å². The molecule has 0 aliphatic carbocycles. The number of carbonyl (C=O) groups excluding carboxylic acids is 1. The minimum absolute atomic E-state index is 0.0137. The average molecular weight is 231 g/mol. The highest BCUT2D eigenvalue weighted by Crippen LogP contribution is 2.09. The summed E-state index contributed by atoms with van der Waals surface area (Å²) in [5.74, 6) is 0.509. The molecule has 0 fully saturated rings. The smallest absolute Gasteiger partial charge is 0.407 e. The molecule has 16 heavy (non-hydrogen) atoms. The molecule has 0 saturated heterocycles. The molecule has 0 aliphatic rings. The van der Waals surface area contributed by atoms with E-state index >= 15 is 0 Å². The second-order valence-corrected chi connectivity index (χ2v) is 5.43. The molecule has 1 N–H and O–H groups in total. The summed E-state index contributed by atoms with van der Waals surface area (Å²) in [5.41, 5.74) is -0.459. The molecular formula is C12H25NO3. The molecule has 0 saturated carbocycles. The third-order valence-electron chi connectivity index (χ3n) is 1.84. The number of nitrogens with one attached hydrogen (secondary N) is 1. The highest BCUT2D eigenvalue weighted by molar-refractivity contribution is 5.68. The zero-order valence-electron chi connectivity index (χ0n) is 11.3. The number of alkyl carbamates (subject to hydrolysis) is 1. The standard InChI is InChI=1S/C12H25NO3/c1-9(2)7-10(8-15-6)13-11(14)16-12(3,4)5/h9-10H,7-8H2,1-6H3,(H,13,14)/t10-/m0/s1. The van der Waals surface area contributed by atoms with Crippen LogP contribution in [0.25, 0.3) is 0 Å². The van der Waals surface area contributed by atoms with Crippen molar-refractivity contribution in [2.75, 3.05) is 13.7 Å². The number of rotatable bonds is 5. The Morgan fingerprint density at radius 2 is 1.88 bits per heavy atom. The van der Waals surface area contributed by atoms with Crippen molar-refractivity contribution in [1.82, 2.24) is 5.32 Å². The van der Waals surface area contributed by atoms with Crippen molar-refractivity contribution in [3.05, 3.63) is 0 Å². The maximum Gasteiger partial charge on any atom is 0.407 e. The van der Waals surface area contributed by atoms with Crippen LogP contribution < -0.4 is 5.32 Å². The van der Waals surface area contributed by atoms with E-state index in [-0.39, 0.29) is 12.1 Å². The van der Waals surface area contributed by atoms with Crippen LogP contribution in [-0.4, -0.2) is 31.5 Å². The average Bonchev–Trinajstić information content (AvgIpc) is 1.98. The van der Waals surface area contributed by atoms with E-state index in [1.807, 2.05) is 20.8 Å². The first-order valence-corrected chi connectivity index (χ1v) is 5.73. The van der Waals surface area contributed by atoms with Gasteiger partial charge >= 0.3 is 6.09 Å². The predicted molar refractivity (Wildman–Crippen MR) is 64.5 cm³/mol. The minimum atomic E-state index is -0.459. The fourth-order valence-corrected chi connectivity index (χ4v) is 1.41. The molecule has 0 aliphatic heterocycles. The molecule has 0 aromatic heterocycles. The number of hydrogen-bond acceptors (Lipinski definition) is 3. The summed E-state index contributed by atoms with van der Waals surface area (Å²) in [7, 11) is 1.63. The quantitative estimate of drug-likeness (QED) is 0.791. The van der Waals surface area contributed by atoms with Crippen LogP contribution in [0.4, 0.5) is 4.79 Å². The van der Waals surface area contributed by atoms with Gasteiger partial charge in [-0.15, -0.1) is 0 Å². The molecule has 4 heteroatoms. The molecule has 0 aromatic carbocycles. The fourth-order valence-electron chi connectivity index (χ4n) is 1.41. The Morgan fingerprint density at radius 3 is 2.25 bits per heavy atom. The lowest BCUT2D eigenvalue weighted by atomic mass is 10.0. The monoisotopic (exact) mass is 231 g/mol. The van der Waals surface area contributed by atoms with Crippen molar-refractivity contribution in [2.24, 2.45) is 5.92 Å². The fraction of sp³-hybridized carbons (Fsp3) is 0.917. The van der Waals surface area contributed by atoms with Gasteiger partial charge in [0, 0.05) is 7.11 Å². The van der Waals surface area contributed by atoms with Crippen LogP contribution in [0.5, 0.6) is 0 Å². The maximum absolute atomic E-state index is 11.5. The summed E-state index contributed by atoms with van der Waals surface area (Å²) in [5, 5.41) is 2.82. The summed E-state index contributed by atoms with van der Waals surface area (Å²) in [6, 6.07) is 0.0137. The van der Waals surface area contributed by atoms with Gasteiger partial charge < -0.3 is 14.8 Å². The molecule has 1 amide bonds. The third kappa shape index (κ3) is 8.53. The second kappa shape index (κ2) is 6.74. The molecule has 0 aromatic rings. The Kier molecular flexibility index (Phi) is 6.41. The zero-order valence-corrected chi connectivity index (χ0v) is 11.3. The van der Waals surface area contributed by atoms with E-state index in [2.05, 4.69) is 19.2 Å². The zero-order chi connectivity index (χ0) is 12.8. The van der Waals surface area contributed by atoms with Gasteiger partial charge in [0.15, 0.2) is 0 Å². The van der Waals surface area contributed by atoms with E-state index in [4.69, 9.17) is 9.47 Å². The van der Waals surface area contributed by atoms with Crippen LogP contribution in [0, 0.1) is 5.92 Å². The van der Waals surface area contributed by atoms with Gasteiger partial charge in [0.2, 0.25) is 0 Å². The SMILES string of the molecule is COC[C@H](CC(C)C)NC(=O)OC(C)(C)C. The number of amides is 1. The molecule has 0 spiro atoms. The topological polar surface area (TPSA) is 47.6 Å². The Balaban J connectivity index is 4.12. The lowest BCUT2D eigenvalue weighted by Crippen LogP contribution is -2.42. The van der Waals surface area contributed by atoms with Crippen LogP contribution >= 0.6 is 0 Å². The van der Waals surface area contributed by atoms with Gasteiger partial charge in [-0.05, 0) is 33.1 Å². The molecule has 0 rings (SSSR count). The Hall–Kier alpha value is -0.770. The summed E-state index contributed by atoms with van der Waals surface area (Å²) in [6.45, 7) is 10.3. The normalized spacial score (nSPS) is 13.7. The van der Waals surface area contributed by atoms with Crippen molar-refractivity contribution >= 4 is 6.09 Å². The number of carbonyl (C=O) groups is 1. The molecule has 0 unspecified atom stereocenters. The summed E-state index contributed by atoms with van der Waals surface area (Å²) < 4.78 is 10.3. The van der Waals surface area contributed by atoms with E-state index in [1.54, 1.807) is 7.11 Å². The van der Waals surface area contributed by atoms with Crippen LogP contribution in [0.2, 0.25) is 0 Å². The Morgan fingerprint density at radius 1 is 1.31 bits per heavy atom. The van der Waals surface area contributed by atoms with Crippen molar-refractivity contribution in [3.8, 4) is 0 Å². The third-order valence-corrected chi connectivity index (χ3v) is 1.84. The Labute approximate surface area is 98.7 Å². The summed E-state index contributed by atoms with van der Waals surface area (Å²) in [4.78, 5) is 11.5. The first-order valence-electron chi connectivity index (χ1n) is 5.73. The molecular weight excluding hydrogens is 206 g/mol. The number of ether oxygens (including phenoxy) is 2. The predicted octanol–water partition coefficient (Wildman–Crippen LogP) is 2.57. The van der Waals surface area contributed by atoms with Crippen molar-refractivity contribution in [1.29, 1.82) is 0 Å². The first-order chi connectivity index (χ1) is 7.24. The van der Waals surface area contributed by atoms with E-state index < -0.39 is 5.60 Å². The first kappa shape index (κ1) is 15.2. The molecule has 0 radical (unpaired) electrons. The van der Waals surface area contributed by atoms with E-state index in [0.717, 1.165) is 6.42 Å². The summed E-state index contributed by atoms with van der Waals surface area (Å²) in [6.07, 6.45) is 0.503. The summed E-state index contributed by atoms with van der Waals surface area (Å²) >= 11 is 0. The van der Waals surface area contributed by atoms with Crippen LogP contribution in [0.3, 0.4) is 0 Å². The van der Waals surface area contributed by atoms with Gasteiger partial charge in [0.05, 0.1) is 12.6 Å². The highest BCUT2D eigenvalue weighted by Gasteiger charge is 2.19. The van der Waals surface area contributed by atoms with Gasteiger partial charge in [-0.3, -0.25) is 0 Å². The van der Waals surface area contributed by atoms with Crippen molar-refractivity contribution < 1.29 is 14.3 Å². The van der Waals surface area contributed by atoms with E-state index in [1.165, 1.54) is 0 Å². The van der Waals surface area contributed by atoms with Gasteiger partial charge in [-0.25, -0.2) is 4.79 Å². The lowest BCUT2D eigenvalue weighted by Gasteiger charge is -2.24. The molecule has 0 bridgehead atoms. The van der Waals surface area contributed by atoms with E-state index in [0.29, 0.717) is 12.5 Å². The molecule has 0 heterocycles. The highest BCUT2D eigenvalue weighted by atomic mass is 16.6. The van der Waals surface area contributed by atoms with E-state index in [9.17, 15) is 4.79 Å². The minimum Gasteiger partial charge on any atom is -0.444 e. The lowest BCUT2D eigenvalue weighted by molar-refractivity contribution is 0.0458. The largest absolute Gasteiger partial charge is 0.444 e. The molecule has 96 valence electrons. The molecule has 1 atom stereocenters. The Bertz CT molecular complexity index is 209. The number of hydrogen-bond donors (Lipinski definition) is 1. The second-order valence-electron chi connectivity index (χ2n) is 5.43. The van der Waals surface area contributed by atoms with Gasteiger partial charge in [-0.2, -0.15) is 0 Å². The maximum atomic E-state index is 11.5.